The van der Waals surface area contributed by atoms with Crippen molar-refractivity contribution in [1.82, 2.24) is 10.2 Å². The summed E-state index contributed by atoms with van der Waals surface area (Å²) in [5.74, 6) is -0.734. The van der Waals surface area contributed by atoms with E-state index < -0.39 is 0 Å². The number of halogens is 2. The fourth-order valence-corrected chi connectivity index (χ4v) is 2.58. The van der Waals surface area contributed by atoms with Crippen LogP contribution in [0.25, 0.3) is 0 Å². The van der Waals surface area contributed by atoms with Crippen LogP contribution in [-0.2, 0) is 11.3 Å². The van der Waals surface area contributed by atoms with Gasteiger partial charge in [-0.05, 0) is 30.3 Å². The summed E-state index contributed by atoms with van der Waals surface area (Å²) in [4.78, 5) is 25.4. The van der Waals surface area contributed by atoms with Crippen LogP contribution in [0.3, 0.4) is 0 Å². The molecular formula is C18H18BrFN2O2. The second-order valence-corrected chi connectivity index (χ2v) is 6.27. The molecule has 0 aliphatic heterocycles. The summed E-state index contributed by atoms with van der Waals surface area (Å²) < 4.78 is 14.5. The lowest BCUT2D eigenvalue weighted by molar-refractivity contribution is -0.130. The van der Waals surface area contributed by atoms with Gasteiger partial charge in [-0.3, -0.25) is 9.59 Å². The molecule has 0 saturated carbocycles. The number of nitrogens with zero attached hydrogens (tertiary/aromatic N) is 1. The molecule has 0 fully saturated rings. The van der Waals surface area contributed by atoms with Crippen molar-refractivity contribution in [2.45, 2.75) is 13.0 Å². The number of hydrogen-bond acceptors (Lipinski definition) is 2. The molecule has 0 aromatic heterocycles. The SMILES string of the molecule is CN(Cc1cc(Br)ccc1F)C(=O)CCNC(=O)c1ccccc1. The molecule has 2 amide bonds. The van der Waals surface area contributed by atoms with Gasteiger partial charge < -0.3 is 10.2 Å². The van der Waals surface area contributed by atoms with Crippen molar-refractivity contribution < 1.29 is 14.0 Å². The van der Waals surface area contributed by atoms with Gasteiger partial charge in [-0.1, -0.05) is 34.1 Å². The molecule has 0 aliphatic carbocycles. The first-order valence-corrected chi connectivity index (χ1v) is 8.28. The predicted molar refractivity (Wildman–Crippen MR) is 94.0 cm³/mol. The molecule has 0 spiro atoms. The molecule has 0 bridgehead atoms. The fourth-order valence-electron chi connectivity index (χ4n) is 2.17. The molecule has 24 heavy (non-hydrogen) atoms. The standard InChI is InChI=1S/C18H18BrFN2O2/c1-22(12-14-11-15(19)7-8-16(14)20)17(23)9-10-21-18(24)13-5-3-2-4-6-13/h2-8,11H,9-10,12H2,1H3,(H,21,24). The van der Waals surface area contributed by atoms with E-state index in [-0.39, 0.29) is 37.1 Å². The zero-order valence-corrected chi connectivity index (χ0v) is 14.8. The summed E-state index contributed by atoms with van der Waals surface area (Å²) >= 11 is 3.29. The van der Waals surface area contributed by atoms with E-state index in [9.17, 15) is 14.0 Å². The average Bonchev–Trinajstić information content (AvgIpc) is 2.58. The van der Waals surface area contributed by atoms with Gasteiger partial charge in [0.2, 0.25) is 5.91 Å². The van der Waals surface area contributed by atoms with Gasteiger partial charge in [-0.25, -0.2) is 4.39 Å². The Balaban J connectivity index is 1.81. The number of hydrogen-bond donors (Lipinski definition) is 1. The van der Waals surface area contributed by atoms with Gasteiger partial charge >= 0.3 is 0 Å². The Bertz CT molecular complexity index is 722. The number of carbonyl (C=O) groups is 2. The second-order valence-electron chi connectivity index (χ2n) is 5.36. The van der Waals surface area contributed by atoms with Crippen molar-refractivity contribution in [3.05, 3.63) is 69.9 Å². The lowest BCUT2D eigenvalue weighted by atomic mass is 10.2. The topological polar surface area (TPSA) is 49.4 Å². The summed E-state index contributed by atoms with van der Waals surface area (Å²) in [6.07, 6.45) is 0.157. The average molecular weight is 393 g/mol. The highest BCUT2D eigenvalue weighted by atomic mass is 79.9. The molecule has 1 N–H and O–H groups in total. The highest BCUT2D eigenvalue weighted by molar-refractivity contribution is 9.10. The highest BCUT2D eigenvalue weighted by Crippen LogP contribution is 2.17. The van der Waals surface area contributed by atoms with Gasteiger partial charge in [0.1, 0.15) is 5.82 Å². The van der Waals surface area contributed by atoms with Crippen LogP contribution in [0.15, 0.2) is 53.0 Å². The fraction of sp³-hybridized carbons (Fsp3) is 0.222. The molecule has 4 nitrogen and oxygen atoms in total. The van der Waals surface area contributed by atoms with E-state index in [1.54, 1.807) is 43.4 Å². The Labute approximate surface area is 148 Å². The van der Waals surface area contributed by atoms with Crippen molar-refractivity contribution in [2.75, 3.05) is 13.6 Å². The Hall–Kier alpha value is -2.21. The van der Waals surface area contributed by atoms with Crippen molar-refractivity contribution in [3.8, 4) is 0 Å². The summed E-state index contributed by atoms with van der Waals surface area (Å²) in [7, 11) is 1.61. The summed E-state index contributed by atoms with van der Waals surface area (Å²) in [5.41, 5.74) is 0.989. The number of nitrogens with one attached hydrogen (secondary N) is 1. The van der Waals surface area contributed by atoms with Gasteiger partial charge in [0, 0.05) is 42.2 Å². The minimum Gasteiger partial charge on any atom is -0.352 e. The zero-order valence-electron chi connectivity index (χ0n) is 13.3. The van der Waals surface area contributed by atoms with Crippen LogP contribution >= 0.6 is 15.9 Å². The number of rotatable bonds is 6. The quantitative estimate of drug-likeness (QED) is 0.818. The maximum absolute atomic E-state index is 13.7. The van der Waals surface area contributed by atoms with Crippen LogP contribution in [0.4, 0.5) is 4.39 Å². The van der Waals surface area contributed by atoms with Crippen LogP contribution in [-0.4, -0.2) is 30.3 Å². The largest absolute Gasteiger partial charge is 0.352 e. The second kappa shape index (κ2) is 8.59. The maximum Gasteiger partial charge on any atom is 0.251 e. The zero-order chi connectivity index (χ0) is 17.5. The van der Waals surface area contributed by atoms with Crippen LogP contribution < -0.4 is 5.32 Å². The monoisotopic (exact) mass is 392 g/mol. The van der Waals surface area contributed by atoms with E-state index in [0.717, 1.165) is 4.47 Å². The minimum absolute atomic E-state index is 0.157. The van der Waals surface area contributed by atoms with E-state index in [1.807, 2.05) is 6.07 Å². The molecule has 0 saturated heterocycles. The maximum atomic E-state index is 13.7. The predicted octanol–water partition coefficient (Wildman–Crippen LogP) is 3.37. The lowest BCUT2D eigenvalue weighted by Gasteiger charge is -2.18. The van der Waals surface area contributed by atoms with E-state index in [1.165, 1.54) is 11.0 Å². The molecule has 0 atom stereocenters. The van der Waals surface area contributed by atoms with E-state index in [4.69, 9.17) is 0 Å². The van der Waals surface area contributed by atoms with Crippen LogP contribution in [0, 0.1) is 5.82 Å². The first-order chi connectivity index (χ1) is 11.5. The molecule has 126 valence electrons. The number of amides is 2. The van der Waals surface area contributed by atoms with Gasteiger partial charge in [0.25, 0.3) is 5.91 Å². The highest BCUT2D eigenvalue weighted by Gasteiger charge is 2.13. The van der Waals surface area contributed by atoms with E-state index >= 15 is 0 Å². The Kier molecular flexibility index (Phi) is 6.49. The Morgan fingerprint density at radius 2 is 1.88 bits per heavy atom. The van der Waals surface area contributed by atoms with E-state index in [0.29, 0.717) is 11.1 Å². The normalized spacial score (nSPS) is 10.3. The summed E-state index contributed by atoms with van der Waals surface area (Å²) in [6, 6.07) is 13.4. The third-order valence-corrected chi connectivity index (χ3v) is 3.99. The summed E-state index contributed by atoms with van der Waals surface area (Å²) in [6.45, 7) is 0.411. The van der Waals surface area contributed by atoms with Crippen molar-refractivity contribution in [1.29, 1.82) is 0 Å². The molecule has 0 heterocycles. The molecule has 6 heteroatoms. The minimum atomic E-state index is -0.352. The molecule has 2 aromatic rings. The molecule has 0 unspecified atom stereocenters. The van der Waals surface area contributed by atoms with Crippen molar-refractivity contribution in [2.24, 2.45) is 0 Å². The Morgan fingerprint density at radius 1 is 1.17 bits per heavy atom. The number of carbonyl (C=O) groups excluding carboxylic acids is 2. The van der Waals surface area contributed by atoms with Gasteiger partial charge in [-0.2, -0.15) is 0 Å². The molecule has 2 rings (SSSR count). The first kappa shape index (κ1) is 18.1. The molecular weight excluding hydrogens is 375 g/mol. The third kappa shape index (κ3) is 5.16. The van der Waals surface area contributed by atoms with Gasteiger partial charge in [0.15, 0.2) is 0 Å². The number of benzene rings is 2. The van der Waals surface area contributed by atoms with Crippen LogP contribution in [0.2, 0.25) is 0 Å². The molecule has 0 radical (unpaired) electrons. The van der Waals surface area contributed by atoms with Gasteiger partial charge in [0.05, 0.1) is 0 Å². The first-order valence-electron chi connectivity index (χ1n) is 7.48. The van der Waals surface area contributed by atoms with Crippen LogP contribution in [0.5, 0.6) is 0 Å². The summed E-state index contributed by atoms with van der Waals surface area (Å²) in [5, 5.41) is 2.70. The Morgan fingerprint density at radius 3 is 2.58 bits per heavy atom. The smallest absolute Gasteiger partial charge is 0.251 e. The molecule has 0 aliphatic rings. The van der Waals surface area contributed by atoms with Crippen LogP contribution in [0.1, 0.15) is 22.3 Å². The molecule has 2 aromatic carbocycles. The van der Waals surface area contributed by atoms with E-state index in [2.05, 4.69) is 21.2 Å². The lowest BCUT2D eigenvalue weighted by Crippen LogP contribution is -2.32. The third-order valence-electron chi connectivity index (χ3n) is 3.50. The van der Waals surface area contributed by atoms with Gasteiger partial charge in [-0.15, -0.1) is 0 Å². The van der Waals surface area contributed by atoms with Crippen molar-refractivity contribution >= 4 is 27.7 Å². The van der Waals surface area contributed by atoms with Crippen molar-refractivity contribution in [3.63, 3.8) is 0 Å².